The quantitative estimate of drug-likeness (QED) is 0.363. The van der Waals surface area contributed by atoms with Crippen molar-refractivity contribution in [3.05, 3.63) is 38.8 Å². The first-order valence-corrected chi connectivity index (χ1v) is 5.53. The first kappa shape index (κ1) is 11.9. The Kier molecular flexibility index (Phi) is 4.45. The van der Waals surface area contributed by atoms with E-state index in [1.54, 1.807) is 6.07 Å². The monoisotopic (exact) mass is 226 g/mol. The molecule has 1 aromatic rings. The summed E-state index contributed by atoms with van der Waals surface area (Å²) in [6.45, 7) is 5.55. The van der Waals surface area contributed by atoms with Crippen molar-refractivity contribution in [2.75, 3.05) is 6.54 Å². The van der Waals surface area contributed by atoms with Crippen LogP contribution in [0.5, 0.6) is 0 Å². The molecular weight excluding hydrogens is 212 g/mol. The number of nitrogens with one attached hydrogen (secondary N) is 1. The first-order valence-electron chi connectivity index (χ1n) is 4.65. The van der Waals surface area contributed by atoms with Crippen molar-refractivity contribution >= 4 is 16.3 Å². The Labute approximate surface area is 92.8 Å². The number of allylic oxidation sites excluding steroid dienone is 1. The number of nitro groups is 1. The van der Waals surface area contributed by atoms with Crippen LogP contribution in [0, 0.1) is 10.1 Å². The molecule has 15 heavy (non-hydrogen) atoms. The predicted octanol–water partition coefficient (Wildman–Crippen LogP) is 2.71. The lowest BCUT2D eigenvalue weighted by Gasteiger charge is -1.98. The van der Waals surface area contributed by atoms with Crippen molar-refractivity contribution in [1.82, 2.24) is 5.32 Å². The normalized spacial score (nSPS) is 10.0. The van der Waals surface area contributed by atoms with Gasteiger partial charge < -0.3 is 5.32 Å². The molecule has 0 spiro atoms. The smallest absolute Gasteiger partial charge is 0.309 e. The van der Waals surface area contributed by atoms with E-state index in [4.69, 9.17) is 0 Å². The van der Waals surface area contributed by atoms with Gasteiger partial charge in [-0.15, -0.1) is 0 Å². The minimum Gasteiger partial charge on any atom is -0.309 e. The number of nitrogens with zero attached hydrogens (tertiary/aromatic N) is 1. The topological polar surface area (TPSA) is 55.2 Å². The van der Waals surface area contributed by atoms with Crippen LogP contribution in [0.2, 0.25) is 0 Å². The Balaban J connectivity index is 2.38. The van der Waals surface area contributed by atoms with Gasteiger partial charge in [0.1, 0.15) is 0 Å². The molecule has 0 atom stereocenters. The van der Waals surface area contributed by atoms with Crippen LogP contribution in [0.15, 0.2) is 23.1 Å². The summed E-state index contributed by atoms with van der Waals surface area (Å²) >= 11 is 1.17. The maximum atomic E-state index is 10.4. The standard InChI is InChI=1S/C10H14N2O2S/c1-8(2)3-4-11-6-9-5-10(12(13)14)15-7-9/h3,5,7,11H,4,6H2,1-2H3. The summed E-state index contributed by atoms with van der Waals surface area (Å²) in [6, 6.07) is 1.61. The number of thiophene rings is 1. The van der Waals surface area contributed by atoms with Gasteiger partial charge in [0, 0.05) is 24.5 Å². The van der Waals surface area contributed by atoms with Gasteiger partial charge in [0.15, 0.2) is 0 Å². The lowest BCUT2D eigenvalue weighted by atomic mass is 10.3. The van der Waals surface area contributed by atoms with Gasteiger partial charge in [-0.25, -0.2) is 0 Å². The van der Waals surface area contributed by atoms with Crippen LogP contribution in [0.1, 0.15) is 19.4 Å². The van der Waals surface area contributed by atoms with Gasteiger partial charge in [-0.05, 0) is 19.4 Å². The lowest BCUT2D eigenvalue weighted by Crippen LogP contribution is -2.12. The molecule has 4 nitrogen and oxygen atoms in total. The molecule has 82 valence electrons. The molecule has 0 aliphatic carbocycles. The van der Waals surface area contributed by atoms with Crippen LogP contribution in [0.4, 0.5) is 5.00 Å². The number of rotatable bonds is 5. The second-order valence-electron chi connectivity index (χ2n) is 3.46. The largest absolute Gasteiger partial charge is 0.324 e. The molecule has 0 saturated heterocycles. The summed E-state index contributed by atoms with van der Waals surface area (Å²) in [5.41, 5.74) is 2.23. The van der Waals surface area contributed by atoms with Gasteiger partial charge in [0.25, 0.3) is 0 Å². The molecule has 0 fully saturated rings. The summed E-state index contributed by atoms with van der Waals surface area (Å²) < 4.78 is 0. The highest BCUT2D eigenvalue weighted by Crippen LogP contribution is 2.22. The Morgan fingerprint density at radius 2 is 2.40 bits per heavy atom. The average molecular weight is 226 g/mol. The van der Waals surface area contributed by atoms with E-state index in [0.717, 1.165) is 12.1 Å². The van der Waals surface area contributed by atoms with Crippen LogP contribution in [-0.2, 0) is 6.54 Å². The van der Waals surface area contributed by atoms with Gasteiger partial charge in [0.05, 0.1) is 4.92 Å². The zero-order chi connectivity index (χ0) is 11.3. The van der Waals surface area contributed by atoms with Crippen molar-refractivity contribution < 1.29 is 4.92 Å². The van der Waals surface area contributed by atoms with Crippen LogP contribution in [0.3, 0.4) is 0 Å². The van der Waals surface area contributed by atoms with Crippen LogP contribution < -0.4 is 5.32 Å². The highest BCUT2D eigenvalue weighted by Gasteiger charge is 2.08. The van der Waals surface area contributed by atoms with Gasteiger partial charge in [-0.2, -0.15) is 0 Å². The van der Waals surface area contributed by atoms with Gasteiger partial charge in [-0.1, -0.05) is 23.0 Å². The van der Waals surface area contributed by atoms with Crippen molar-refractivity contribution in [1.29, 1.82) is 0 Å². The fourth-order valence-electron chi connectivity index (χ4n) is 1.04. The first-order chi connectivity index (χ1) is 7.09. The fourth-order valence-corrected chi connectivity index (χ4v) is 1.77. The van der Waals surface area contributed by atoms with E-state index in [1.807, 2.05) is 19.2 Å². The highest BCUT2D eigenvalue weighted by atomic mass is 32.1. The van der Waals surface area contributed by atoms with Crippen molar-refractivity contribution in [2.24, 2.45) is 0 Å². The van der Waals surface area contributed by atoms with Crippen LogP contribution in [-0.4, -0.2) is 11.5 Å². The SMILES string of the molecule is CC(C)=CCNCc1csc([N+](=O)[O-])c1. The van der Waals surface area contributed by atoms with E-state index in [-0.39, 0.29) is 9.92 Å². The average Bonchev–Trinajstić information content (AvgIpc) is 2.60. The molecule has 1 N–H and O–H groups in total. The summed E-state index contributed by atoms with van der Waals surface area (Å²) in [6.07, 6.45) is 2.08. The lowest BCUT2D eigenvalue weighted by molar-refractivity contribution is -0.380. The molecular formula is C10H14N2O2S. The Hall–Kier alpha value is -1.20. The molecule has 5 heteroatoms. The van der Waals surface area contributed by atoms with Crippen molar-refractivity contribution in [3.8, 4) is 0 Å². The fraction of sp³-hybridized carbons (Fsp3) is 0.400. The number of hydrogen-bond donors (Lipinski definition) is 1. The third kappa shape index (κ3) is 4.22. The second-order valence-corrected chi connectivity index (χ2v) is 4.35. The van der Waals surface area contributed by atoms with Crippen LogP contribution >= 0.6 is 11.3 Å². The molecule has 0 bridgehead atoms. The maximum Gasteiger partial charge on any atom is 0.324 e. The van der Waals surface area contributed by atoms with Gasteiger partial charge >= 0.3 is 5.00 Å². The third-order valence-electron chi connectivity index (χ3n) is 1.80. The summed E-state index contributed by atoms with van der Waals surface area (Å²) in [5, 5.41) is 15.6. The maximum absolute atomic E-state index is 10.4. The molecule has 0 aromatic carbocycles. The molecule has 1 heterocycles. The zero-order valence-electron chi connectivity index (χ0n) is 8.82. The molecule has 0 aliphatic rings. The molecule has 0 radical (unpaired) electrons. The summed E-state index contributed by atoms with van der Waals surface area (Å²) in [4.78, 5) is 10.1. The van der Waals surface area contributed by atoms with E-state index < -0.39 is 0 Å². The van der Waals surface area contributed by atoms with E-state index in [2.05, 4.69) is 11.4 Å². The third-order valence-corrected chi connectivity index (χ3v) is 2.73. The molecule has 1 aromatic heterocycles. The second kappa shape index (κ2) is 5.63. The molecule has 0 saturated carbocycles. The van der Waals surface area contributed by atoms with E-state index in [1.165, 1.54) is 16.9 Å². The molecule has 0 aliphatic heterocycles. The Morgan fingerprint density at radius 3 is 2.93 bits per heavy atom. The minimum atomic E-state index is -0.357. The number of hydrogen-bond acceptors (Lipinski definition) is 4. The zero-order valence-corrected chi connectivity index (χ0v) is 9.63. The summed E-state index contributed by atoms with van der Waals surface area (Å²) in [5.74, 6) is 0. The molecule has 0 amide bonds. The van der Waals surface area contributed by atoms with Crippen LogP contribution in [0.25, 0.3) is 0 Å². The van der Waals surface area contributed by atoms with Gasteiger partial charge in [0.2, 0.25) is 0 Å². The molecule has 1 rings (SSSR count). The predicted molar refractivity (Wildman–Crippen MR) is 62.1 cm³/mol. The van der Waals surface area contributed by atoms with Gasteiger partial charge in [-0.3, -0.25) is 10.1 Å². The Bertz CT molecular complexity index is 367. The van der Waals surface area contributed by atoms with E-state index in [9.17, 15) is 10.1 Å². The van der Waals surface area contributed by atoms with E-state index >= 15 is 0 Å². The minimum absolute atomic E-state index is 0.203. The summed E-state index contributed by atoms with van der Waals surface area (Å²) in [7, 11) is 0. The van der Waals surface area contributed by atoms with Crippen molar-refractivity contribution in [2.45, 2.75) is 20.4 Å². The highest BCUT2D eigenvalue weighted by molar-refractivity contribution is 7.13. The molecule has 0 unspecified atom stereocenters. The van der Waals surface area contributed by atoms with E-state index in [0.29, 0.717) is 6.54 Å². The Morgan fingerprint density at radius 1 is 1.67 bits per heavy atom. The van der Waals surface area contributed by atoms with Crippen molar-refractivity contribution in [3.63, 3.8) is 0 Å².